The number of unbranched alkanes of at least 4 members (excludes halogenated alkanes) is 2. The van der Waals surface area contributed by atoms with Gasteiger partial charge < -0.3 is 10.6 Å². The highest BCUT2D eigenvalue weighted by Crippen LogP contribution is 2.21. The third-order valence-electron chi connectivity index (χ3n) is 3.34. The molecular formula is C17H25ClN2O2. The van der Waals surface area contributed by atoms with E-state index in [0.717, 1.165) is 25.7 Å². The molecule has 0 unspecified atom stereocenters. The summed E-state index contributed by atoms with van der Waals surface area (Å²) in [7, 11) is 0. The smallest absolute Gasteiger partial charge is 0.221 e. The Morgan fingerprint density at radius 2 is 1.50 bits per heavy atom. The number of benzene rings is 1. The minimum atomic E-state index is -0.581. The van der Waals surface area contributed by atoms with E-state index in [-0.39, 0.29) is 11.8 Å². The minimum Gasteiger partial charge on any atom is -0.332 e. The molecule has 0 heterocycles. The maximum Gasteiger partial charge on any atom is 0.221 e. The van der Waals surface area contributed by atoms with Crippen LogP contribution >= 0.6 is 11.6 Å². The zero-order valence-corrected chi connectivity index (χ0v) is 14.1. The van der Waals surface area contributed by atoms with Gasteiger partial charge in [-0.15, -0.1) is 0 Å². The highest BCUT2D eigenvalue weighted by atomic mass is 35.5. The van der Waals surface area contributed by atoms with Gasteiger partial charge in [-0.05, 0) is 18.9 Å². The molecule has 0 saturated heterocycles. The summed E-state index contributed by atoms with van der Waals surface area (Å²) in [5.41, 5.74) is 0.707. The number of carbonyl (C=O) groups is 2. The molecule has 1 rings (SSSR count). The van der Waals surface area contributed by atoms with E-state index in [1.54, 1.807) is 6.07 Å². The fourth-order valence-corrected chi connectivity index (χ4v) is 2.29. The Labute approximate surface area is 137 Å². The van der Waals surface area contributed by atoms with Gasteiger partial charge in [-0.2, -0.15) is 0 Å². The molecule has 0 aliphatic carbocycles. The second kappa shape index (κ2) is 10.2. The number of rotatable bonds is 9. The van der Waals surface area contributed by atoms with E-state index in [1.165, 1.54) is 0 Å². The van der Waals surface area contributed by atoms with Crippen molar-refractivity contribution in [3.8, 4) is 0 Å². The fourth-order valence-electron chi connectivity index (χ4n) is 2.04. The molecule has 4 nitrogen and oxygen atoms in total. The summed E-state index contributed by atoms with van der Waals surface area (Å²) < 4.78 is 0. The van der Waals surface area contributed by atoms with Crippen molar-refractivity contribution in [3.05, 3.63) is 34.9 Å². The van der Waals surface area contributed by atoms with Gasteiger partial charge in [0.05, 0.1) is 0 Å². The molecule has 5 heteroatoms. The van der Waals surface area contributed by atoms with Crippen molar-refractivity contribution in [2.75, 3.05) is 0 Å². The molecule has 0 radical (unpaired) electrons. The first-order valence-electron chi connectivity index (χ1n) is 7.91. The summed E-state index contributed by atoms with van der Waals surface area (Å²) in [4.78, 5) is 24.0. The van der Waals surface area contributed by atoms with E-state index in [2.05, 4.69) is 10.6 Å². The third-order valence-corrected chi connectivity index (χ3v) is 3.69. The molecule has 2 amide bonds. The molecule has 0 aliphatic rings. The van der Waals surface area contributed by atoms with Gasteiger partial charge in [0.25, 0.3) is 0 Å². The molecule has 0 atom stereocenters. The van der Waals surface area contributed by atoms with Crippen LogP contribution in [-0.2, 0) is 9.59 Å². The summed E-state index contributed by atoms with van der Waals surface area (Å²) in [6.07, 6.45) is 3.86. The predicted octanol–water partition coefficient (Wildman–Crippen LogP) is 3.95. The highest BCUT2D eigenvalue weighted by molar-refractivity contribution is 6.31. The van der Waals surface area contributed by atoms with Gasteiger partial charge in [-0.3, -0.25) is 9.59 Å². The number of hydrogen-bond donors (Lipinski definition) is 2. The number of nitrogens with one attached hydrogen (secondary N) is 2. The number of halogens is 1. The lowest BCUT2D eigenvalue weighted by atomic mass is 10.1. The van der Waals surface area contributed by atoms with Crippen LogP contribution in [0.2, 0.25) is 5.02 Å². The molecule has 122 valence electrons. The van der Waals surface area contributed by atoms with Gasteiger partial charge in [0.1, 0.15) is 6.17 Å². The second-order valence-electron chi connectivity index (χ2n) is 5.30. The topological polar surface area (TPSA) is 58.2 Å². The molecule has 0 aromatic heterocycles. The van der Waals surface area contributed by atoms with Crippen LogP contribution in [0.15, 0.2) is 24.3 Å². The monoisotopic (exact) mass is 324 g/mol. The van der Waals surface area contributed by atoms with E-state index in [1.807, 2.05) is 32.0 Å². The van der Waals surface area contributed by atoms with Crippen LogP contribution in [0.1, 0.15) is 64.1 Å². The predicted molar refractivity (Wildman–Crippen MR) is 89.5 cm³/mol. The lowest BCUT2D eigenvalue weighted by Gasteiger charge is -2.22. The maximum absolute atomic E-state index is 12.0. The normalized spacial score (nSPS) is 10.5. The first kappa shape index (κ1) is 18.5. The van der Waals surface area contributed by atoms with Crippen molar-refractivity contribution in [1.82, 2.24) is 10.6 Å². The van der Waals surface area contributed by atoms with Crippen LogP contribution in [0.3, 0.4) is 0 Å². The number of hydrogen-bond acceptors (Lipinski definition) is 2. The molecule has 0 aliphatic heterocycles. The van der Waals surface area contributed by atoms with Crippen LogP contribution in [0.25, 0.3) is 0 Å². The van der Waals surface area contributed by atoms with Crippen LogP contribution in [0.5, 0.6) is 0 Å². The van der Waals surface area contributed by atoms with E-state index < -0.39 is 6.17 Å². The first-order chi connectivity index (χ1) is 10.6. The fraction of sp³-hybridized carbons (Fsp3) is 0.529. The Morgan fingerprint density at radius 3 is 1.95 bits per heavy atom. The molecule has 0 spiro atoms. The van der Waals surface area contributed by atoms with E-state index in [4.69, 9.17) is 11.6 Å². The molecule has 22 heavy (non-hydrogen) atoms. The van der Waals surface area contributed by atoms with E-state index in [0.29, 0.717) is 23.4 Å². The maximum atomic E-state index is 12.0. The van der Waals surface area contributed by atoms with Gasteiger partial charge >= 0.3 is 0 Å². The quantitative estimate of drug-likeness (QED) is 0.676. The first-order valence-corrected chi connectivity index (χ1v) is 8.29. The largest absolute Gasteiger partial charge is 0.332 e. The van der Waals surface area contributed by atoms with Gasteiger partial charge in [-0.1, -0.05) is 56.5 Å². The van der Waals surface area contributed by atoms with Gasteiger partial charge in [0, 0.05) is 23.4 Å². The van der Waals surface area contributed by atoms with Gasteiger partial charge in [0.2, 0.25) is 11.8 Å². The second-order valence-corrected chi connectivity index (χ2v) is 5.70. The van der Waals surface area contributed by atoms with Crippen molar-refractivity contribution in [3.63, 3.8) is 0 Å². The average molecular weight is 325 g/mol. The van der Waals surface area contributed by atoms with Crippen molar-refractivity contribution in [2.45, 2.75) is 58.5 Å². The summed E-state index contributed by atoms with van der Waals surface area (Å²) >= 11 is 6.19. The standard InChI is InChI=1S/C17H25ClN2O2/c1-3-5-11-15(21)19-17(20-16(22)12-6-4-2)13-9-7-8-10-14(13)18/h7-10,17H,3-6,11-12H2,1-2H3,(H,19,21)(H,20,22). The Kier molecular flexibility index (Phi) is 8.60. The molecule has 0 bridgehead atoms. The van der Waals surface area contributed by atoms with Crippen molar-refractivity contribution < 1.29 is 9.59 Å². The molecule has 1 aromatic rings. The van der Waals surface area contributed by atoms with E-state index in [9.17, 15) is 9.59 Å². The Hall–Kier alpha value is -1.55. The summed E-state index contributed by atoms with van der Waals surface area (Å²) in [6.45, 7) is 4.07. The third kappa shape index (κ3) is 6.48. The number of amides is 2. The van der Waals surface area contributed by atoms with Crippen molar-refractivity contribution in [1.29, 1.82) is 0 Å². The number of carbonyl (C=O) groups excluding carboxylic acids is 2. The van der Waals surface area contributed by atoms with Crippen LogP contribution in [-0.4, -0.2) is 11.8 Å². The molecule has 0 saturated carbocycles. The Bertz CT molecular complexity index is 469. The summed E-state index contributed by atoms with van der Waals surface area (Å²) in [5, 5.41) is 6.25. The van der Waals surface area contributed by atoms with Crippen LogP contribution < -0.4 is 10.6 Å². The molecule has 0 fully saturated rings. The lowest BCUT2D eigenvalue weighted by molar-refractivity contribution is -0.124. The zero-order chi connectivity index (χ0) is 16.4. The summed E-state index contributed by atoms with van der Waals surface area (Å²) in [6, 6.07) is 7.22. The minimum absolute atomic E-state index is 0.0810. The molecule has 2 N–H and O–H groups in total. The zero-order valence-electron chi connectivity index (χ0n) is 13.3. The van der Waals surface area contributed by atoms with Crippen LogP contribution in [0.4, 0.5) is 0 Å². The van der Waals surface area contributed by atoms with Crippen LogP contribution in [0, 0.1) is 0 Å². The molecular weight excluding hydrogens is 300 g/mol. The van der Waals surface area contributed by atoms with Crippen molar-refractivity contribution in [2.24, 2.45) is 0 Å². The van der Waals surface area contributed by atoms with E-state index >= 15 is 0 Å². The lowest BCUT2D eigenvalue weighted by Crippen LogP contribution is -2.41. The Balaban J connectivity index is 2.79. The SMILES string of the molecule is CCCCC(=O)NC(NC(=O)CCCC)c1ccccc1Cl. The summed E-state index contributed by atoms with van der Waals surface area (Å²) in [5.74, 6) is -0.162. The Morgan fingerprint density at radius 1 is 1.00 bits per heavy atom. The highest BCUT2D eigenvalue weighted by Gasteiger charge is 2.18. The van der Waals surface area contributed by atoms with Gasteiger partial charge in [0.15, 0.2) is 0 Å². The average Bonchev–Trinajstić information content (AvgIpc) is 2.50. The van der Waals surface area contributed by atoms with Gasteiger partial charge in [-0.25, -0.2) is 0 Å². The molecule has 1 aromatic carbocycles. The van der Waals surface area contributed by atoms with Crippen molar-refractivity contribution >= 4 is 23.4 Å².